The van der Waals surface area contributed by atoms with Crippen molar-refractivity contribution in [2.24, 2.45) is 0 Å². The van der Waals surface area contributed by atoms with Crippen LogP contribution in [0.3, 0.4) is 0 Å². The lowest BCUT2D eigenvalue weighted by Gasteiger charge is -2.23. The number of amides is 1. The van der Waals surface area contributed by atoms with Crippen LogP contribution in [0, 0.1) is 6.92 Å². The molecule has 1 saturated heterocycles. The van der Waals surface area contributed by atoms with Crippen molar-refractivity contribution < 1.29 is 28.3 Å². The first kappa shape index (κ1) is 24.6. The zero-order valence-corrected chi connectivity index (χ0v) is 20.6. The van der Waals surface area contributed by atoms with Crippen LogP contribution in [0.4, 0.5) is 0 Å². The van der Waals surface area contributed by atoms with Crippen molar-refractivity contribution in [3.8, 4) is 22.8 Å². The average molecular weight is 499 g/mol. The van der Waals surface area contributed by atoms with Crippen LogP contribution < -0.4 is 9.47 Å². The van der Waals surface area contributed by atoms with Gasteiger partial charge in [0.25, 0.3) is 5.91 Å². The summed E-state index contributed by atoms with van der Waals surface area (Å²) in [5, 5.41) is 4.54. The molecule has 1 fully saturated rings. The number of carbonyl (C=O) groups is 2. The van der Waals surface area contributed by atoms with Crippen LogP contribution in [-0.4, -0.2) is 55.3 Å². The van der Waals surface area contributed by atoms with Gasteiger partial charge in [-0.2, -0.15) is 0 Å². The first-order valence-corrected chi connectivity index (χ1v) is 11.7. The number of nitrogens with zero attached hydrogens (tertiary/aromatic N) is 2. The predicted octanol–water partition coefficient (Wildman–Crippen LogP) is 4.71. The van der Waals surface area contributed by atoms with Gasteiger partial charge in [0.05, 0.1) is 25.8 Å². The molecule has 35 heavy (non-hydrogen) atoms. The Morgan fingerprint density at radius 1 is 1.14 bits per heavy atom. The van der Waals surface area contributed by atoms with Gasteiger partial charge in [0.1, 0.15) is 23.1 Å². The fourth-order valence-electron chi connectivity index (χ4n) is 4.26. The molecule has 2 aromatic carbocycles. The Bertz CT molecular complexity index is 1220. The van der Waals surface area contributed by atoms with Crippen LogP contribution in [0.15, 0.2) is 47.0 Å². The molecule has 1 aromatic heterocycles. The Hall–Kier alpha value is -3.52. The van der Waals surface area contributed by atoms with Crippen molar-refractivity contribution in [1.29, 1.82) is 0 Å². The number of ether oxygens (including phenoxy) is 3. The lowest BCUT2D eigenvalue weighted by molar-refractivity contribution is -0.148. The molecule has 8 nitrogen and oxygen atoms in total. The Morgan fingerprint density at radius 2 is 1.91 bits per heavy atom. The molecule has 0 radical (unpaired) electrons. The van der Waals surface area contributed by atoms with E-state index >= 15 is 0 Å². The van der Waals surface area contributed by atoms with Crippen LogP contribution in [-0.2, 0) is 16.0 Å². The summed E-state index contributed by atoms with van der Waals surface area (Å²) in [7, 11) is 3.15. The summed E-state index contributed by atoms with van der Waals surface area (Å²) < 4.78 is 21.5. The highest BCUT2D eigenvalue weighted by atomic mass is 35.5. The molecule has 3 aromatic rings. The fourth-order valence-corrected chi connectivity index (χ4v) is 4.49. The highest BCUT2D eigenvalue weighted by molar-refractivity contribution is 6.33. The maximum absolute atomic E-state index is 13.5. The Morgan fingerprint density at radius 3 is 2.66 bits per heavy atom. The van der Waals surface area contributed by atoms with Gasteiger partial charge in [-0.05, 0) is 43.5 Å². The third kappa shape index (κ3) is 5.12. The summed E-state index contributed by atoms with van der Waals surface area (Å²) in [5.41, 5.74) is 2.22. The molecule has 1 aliphatic heterocycles. The summed E-state index contributed by atoms with van der Waals surface area (Å²) in [5.74, 6) is 0.871. The number of likely N-dealkylation sites (tertiary alicyclic amines) is 1. The summed E-state index contributed by atoms with van der Waals surface area (Å²) in [6.07, 6.45) is 1.74. The van der Waals surface area contributed by atoms with E-state index < -0.39 is 12.0 Å². The maximum atomic E-state index is 13.5. The number of rotatable bonds is 8. The molecular formula is C26H27ClN2O6. The lowest BCUT2D eigenvalue weighted by atomic mass is 10.0. The monoisotopic (exact) mass is 498 g/mol. The molecule has 0 bridgehead atoms. The quantitative estimate of drug-likeness (QED) is 0.415. The molecule has 0 unspecified atom stereocenters. The second kappa shape index (κ2) is 10.8. The second-order valence-corrected chi connectivity index (χ2v) is 8.61. The van der Waals surface area contributed by atoms with E-state index in [2.05, 4.69) is 5.16 Å². The fraction of sp³-hybridized carbons (Fsp3) is 0.346. The minimum absolute atomic E-state index is 0.185. The van der Waals surface area contributed by atoms with Crippen molar-refractivity contribution >= 4 is 23.5 Å². The van der Waals surface area contributed by atoms with E-state index in [0.717, 1.165) is 5.56 Å². The molecule has 2 heterocycles. The highest BCUT2D eigenvalue weighted by Gasteiger charge is 2.38. The van der Waals surface area contributed by atoms with Gasteiger partial charge in [0, 0.05) is 18.5 Å². The number of aryl methyl sites for hydroxylation is 1. The molecule has 9 heteroatoms. The summed E-state index contributed by atoms with van der Waals surface area (Å²) >= 11 is 6.33. The van der Waals surface area contributed by atoms with Gasteiger partial charge in [0.2, 0.25) is 0 Å². The first-order valence-electron chi connectivity index (χ1n) is 11.3. The van der Waals surface area contributed by atoms with E-state index in [-0.39, 0.29) is 12.5 Å². The zero-order valence-electron chi connectivity index (χ0n) is 19.9. The predicted molar refractivity (Wildman–Crippen MR) is 130 cm³/mol. The molecule has 1 amide bonds. The molecule has 1 aliphatic rings. The van der Waals surface area contributed by atoms with Crippen LogP contribution in [0.25, 0.3) is 11.3 Å². The largest absolute Gasteiger partial charge is 0.493 e. The third-order valence-corrected chi connectivity index (χ3v) is 6.40. The van der Waals surface area contributed by atoms with Crippen LogP contribution in [0.2, 0.25) is 5.02 Å². The zero-order chi connectivity index (χ0) is 24.9. The molecule has 0 N–H and O–H groups in total. The lowest BCUT2D eigenvalue weighted by Crippen LogP contribution is -2.41. The number of benzene rings is 2. The van der Waals surface area contributed by atoms with Gasteiger partial charge in [-0.25, -0.2) is 4.79 Å². The van der Waals surface area contributed by atoms with Gasteiger partial charge < -0.3 is 23.6 Å². The average Bonchev–Trinajstić information content (AvgIpc) is 3.51. The van der Waals surface area contributed by atoms with Crippen molar-refractivity contribution in [2.45, 2.75) is 32.2 Å². The number of carbonyl (C=O) groups excluding carboxylic acids is 2. The minimum atomic E-state index is -0.665. The molecule has 4 rings (SSSR count). The second-order valence-electron chi connectivity index (χ2n) is 8.21. The Balaban J connectivity index is 1.44. The number of hydrogen-bond donors (Lipinski definition) is 0. The summed E-state index contributed by atoms with van der Waals surface area (Å²) in [4.78, 5) is 28.0. The minimum Gasteiger partial charge on any atom is -0.493 e. The van der Waals surface area contributed by atoms with Gasteiger partial charge in [0.15, 0.2) is 11.5 Å². The molecule has 0 aliphatic carbocycles. The van der Waals surface area contributed by atoms with Gasteiger partial charge in [-0.15, -0.1) is 0 Å². The smallest absolute Gasteiger partial charge is 0.328 e. The van der Waals surface area contributed by atoms with Gasteiger partial charge >= 0.3 is 5.97 Å². The maximum Gasteiger partial charge on any atom is 0.328 e. The molecule has 0 saturated carbocycles. The summed E-state index contributed by atoms with van der Waals surface area (Å²) in [6, 6.07) is 12.0. The van der Waals surface area contributed by atoms with Crippen molar-refractivity contribution in [3.63, 3.8) is 0 Å². The number of methoxy groups -OCH3 is 2. The van der Waals surface area contributed by atoms with E-state index in [1.807, 2.05) is 24.3 Å². The van der Waals surface area contributed by atoms with E-state index in [0.29, 0.717) is 64.9 Å². The standard InChI is InChI=1S/C26H27ClN2O6/c1-16-23(24(28-35-16)18-7-4-5-8-19(18)27)25(30)29-13-6-9-20(29)26(31)34-14-12-17-10-11-21(32-2)22(15-17)33-3/h4-5,7-8,10-11,15,20H,6,9,12-14H2,1-3H3/t20-/m0/s1. The highest BCUT2D eigenvalue weighted by Crippen LogP contribution is 2.33. The van der Waals surface area contributed by atoms with E-state index in [1.54, 1.807) is 44.2 Å². The number of hydrogen-bond acceptors (Lipinski definition) is 7. The van der Waals surface area contributed by atoms with E-state index in [4.69, 9.17) is 30.3 Å². The number of halogens is 1. The molecule has 1 atom stereocenters. The van der Waals surface area contributed by atoms with Crippen LogP contribution in [0.5, 0.6) is 11.5 Å². The summed E-state index contributed by atoms with van der Waals surface area (Å²) in [6.45, 7) is 2.30. The topological polar surface area (TPSA) is 91.1 Å². The van der Waals surface area contributed by atoms with Crippen molar-refractivity contribution in [3.05, 3.63) is 64.4 Å². The third-order valence-electron chi connectivity index (χ3n) is 6.07. The SMILES string of the molecule is COc1ccc(CCOC(=O)[C@@H]2CCCN2C(=O)c2c(-c3ccccc3Cl)noc2C)cc1OC. The van der Waals surface area contributed by atoms with Crippen molar-refractivity contribution in [1.82, 2.24) is 10.1 Å². The molecule has 0 spiro atoms. The normalized spacial score (nSPS) is 15.2. The van der Waals surface area contributed by atoms with Crippen LogP contribution in [0.1, 0.15) is 34.5 Å². The number of esters is 1. The van der Waals surface area contributed by atoms with E-state index in [9.17, 15) is 9.59 Å². The van der Waals surface area contributed by atoms with Gasteiger partial charge in [-0.1, -0.05) is 41.0 Å². The van der Waals surface area contributed by atoms with Crippen LogP contribution >= 0.6 is 11.6 Å². The van der Waals surface area contributed by atoms with E-state index in [1.165, 1.54) is 0 Å². The first-order chi connectivity index (χ1) is 16.9. The van der Waals surface area contributed by atoms with Gasteiger partial charge in [-0.3, -0.25) is 4.79 Å². The molecular weight excluding hydrogens is 472 g/mol. The Kier molecular flexibility index (Phi) is 7.60. The Labute approximate surface area is 208 Å². The molecule has 184 valence electrons. The number of aromatic nitrogens is 1. The van der Waals surface area contributed by atoms with Crippen molar-refractivity contribution in [2.75, 3.05) is 27.4 Å².